The van der Waals surface area contributed by atoms with Gasteiger partial charge in [-0.05, 0) is 23.8 Å². The number of halogens is 1. The van der Waals surface area contributed by atoms with Crippen molar-refractivity contribution in [2.24, 2.45) is 0 Å². The Bertz CT molecular complexity index is 824. The standard InChI is InChI=1S/C21H22FN3O2/c1-27-17-8-6-16(7-9-17)14-21(26)25-12-10-24(11-13-25)20(15-23)18-4-2-3-5-19(18)22/h2-9,20H,10-14H2,1H3. The highest BCUT2D eigenvalue weighted by Crippen LogP contribution is 2.24. The quantitative estimate of drug-likeness (QED) is 0.815. The number of piperazine rings is 1. The number of amides is 1. The van der Waals surface area contributed by atoms with Gasteiger partial charge in [-0.1, -0.05) is 30.3 Å². The molecule has 6 heteroatoms. The fraction of sp³-hybridized carbons (Fsp3) is 0.333. The molecule has 0 N–H and O–H groups in total. The molecule has 1 atom stereocenters. The molecule has 0 aliphatic carbocycles. The SMILES string of the molecule is COc1ccc(CC(=O)N2CCN(C(C#N)c3ccccc3F)CC2)cc1. The maximum Gasteiger partial charge on any atom is 0.227 e. The first-order chi connectivity index (χ1) is 13.1. The molecule has 0 aromatic heterocycles. The molecule has 1 saturated heterocycles. The summed E-state index contributed by atoms with van der Waals surface area (Å²) < 4.78 is 19.2. The number of carbonyl (C=O) groups excluding carboxylic acids is 1. The lowest BCUT2D eigenvalue weighted by Crippen LogP contribution is -2.50. The molecule has 3 rings (SSSR count). The van der Waals surface area contributed by atoms with Gasteiger partial charge in [-0.3, -0.25) is 9.69 Å². The predicted molar refractivity (Wildman–Crippen MR) is 99.6 cm³/mol. The van der Waals surface area contributed by atoms with Crippen molar-refractivity contribution in [1.29, 1.82) is 5.26 Å². The molecule has 2 aromatic rings. The second-order valence-corrected chi connectivity index (χ2v) is 6.49. The van der Waals surface area contributed by atoms with Gasteiger partial charge in [-0.15, -0.1) is 0 Å². The zero-order valence-electron chi connectivity index (χ0n) is 15.3. The molecule has 0 bridgehead atoms. The average Bonchev–Trinajstić information content (AvgIpc) is 2.71. The molecule has 1 unspecified atom stereocenters. The summed E-state index contributed by atoms with van der Waals surface area (Å²) >= 11 is 0. The van der Waals surface area contributed by atoms with Crippen molar-refractivity contribution in [3.63, 3.8) is 0 Å². The Morgan fingerprint density at radius 3 is 2.41 bits per heavy atom. The Morgan fingerprint density at radius 1 is 1.15 bits per heavy atom. The van der Waals surface area contributed by atoms with Crippen LogP contribution in [-0.4, -0.2) is 49.0 Å². The Morgan fingerprint density at radius 2 is 1.81 bits per heavy atom. The molecule has 140 valence electrons. The summed E-state index contributed by atoms with van der Waals surface area (Å²) in [5, 5.41) is 9.52. The Labute approximate surface area is 158 Å². The molecule has 2 aromatic carbocycles. The molecule has 1 aliphatic rings. The third kappa shape index (κ3) is 4.44. The Hall–Kier alpha value is -2.91. The summed E-state index contributed by atoms with van der Waals surface area (Å²) in [5.41, 5.74) is 1.32. The van der Waals surface area contributed by atoms with Crippen molar-refractivity contribution in [2.45, 2.75) is 12.5 Å². The van der Waals surface area contributed by atoms with Crippen LogP contribution in [0.5, 0.6) is 5.75 Å². The van der Waals surface area contributed by atoms with E-state index in [4.69, 9.17) is 4.74 Å². The summed E-state index contributed by atoms with van der Waals surface area (Å²) in [6, 6.07) is 15.4. The van der Waals surface area contributed by atoms with Crippen molar-refractivity contribution in [1.82, 2.24) is 9.80 Å². The summed E-state index contributed by atoms with van der Waals surface area (Å²) in [6.07, 6.45) is 0.332. The third-order valence-electron chi connectivity index (χ3n) is 4.87. The van der Waals surface area contributed by atoms with E-state index >= 15 is 0 Å². The van der Waals surface area contributed by atoms with Gasteiger partial charge in [0.2, 0.25) is 5.91 Å². The van der Waals surface area contributed by atoms with Crippen LogP contribution < -0.4 is 4.74 Å². The second-order valence-electron chi connectivity index (χ2n) is 6.49. The van der Waals surface area contributed by atoms with E-state index in [-0.39, 0.29) is 11.7 Å². The van der Waals surface area contributed by atoms with Crippen LogP contribution in [0.1, 0.15) is 17.2 Å². The van der Waals surface area contributed by atoms with Gasteiger partial charge in [0.15, 0.2) is 0 Å². The number of hydrogen-bond donors (Lipinski definition) is 0. The van der Waals surface area contributed by atoms with Gasteiger partial charge in [0.1, 0.15) is 17.6 Å². The summed E-state index contributed by atoms with van der Waals surface area (Å²) in [7, 11) is 1.61. The molecular formula is C21H22FN3O2. The van der Waals surface area contributed by atoms with E-state index in [0.717, 1.165) is 11.3 Å². The number of hydrogen-bond acceptors (Lipinski definition) is 4. The molecular weight excluding hydrogens is 345 g/mol. The van der Waals surface area contributed by atoms with Crippen molar-refractivity contribution in [3.05, 3.63) is 65.5 Å². The molecule has 5 nitrogen and oxygen atoms in total. The van der Waals surface area contributed by atoms with Crippen molar-refractivity contribution in [3.8, 4) is 11.8 Å². The minimum atomic E-state index is -0.634. The summed E-state index contributed by atoms with van der Waals surface area (Å²) in [4.78, 5) is 16.3. The van der Waals surface area contributed by atoms with Gasteiger partial charge < -0.3 is 9.64 Å². The Balaban J connectivity index is 1.58. The number of ether oxygens (including phenoxy) is 1. The fourth-order valence-corrected chi connectivity index (χ4v) is 3.30. The monoisotopic (exact) mass is 367 g/mol. The summed E-state index contributed by atoms with van der Waals surface area (Å²) in [5.74, 6) is 0.441. The van der Waals surface area contributed by atoms with Crippen molar-refractivity contribution < 1.29 is 13.9 Å². The van der Waals surface area contributed by atoms with Gasteiger partial charge in [-0.2, -0.15) is 5.26 Å². The van der Waals surface area contributed by atoms with Crippen LogP contribution in [0.3, 0.4) is 0 Å². The largest absolute Gasteiger partial charge is 0.497 e. The number of nitrogens with zero attached hydrogens (tertiary/aromatic N) is 3. The lowest BCUT2D eigenvalue weighted by atomic mass is 10.0. The molecule has 0 radical (unpaired) electrons. The predicted octanol–water partition coefficient (Wildman–Crippen LogP) is 2.79. The molecule has 0 spiro atoms. The van der Waals surface area contributed by atoms with E-state index < -0.39 is 6.04 Å². The van der Waals surface area contributed by atoms with E-state index in [1.807, 2.05) is 29.2 Å². The van der Waals surface area contributed by atoms with Gasteiger partial charge in [-0.25, -0.2) is 4.39 Å². The highest BCUT2D eigenvalue weighted by molar-refractivity contribution is 5.79. The first-order valence-corrected chi connectivity index (χ1v) is 8.91. The van der Waals surface area contributed by atoms with Crippen molar-refractivity contribution >= 4 is 5.91 Å². The lowest BCUT2D eigenvalue weighted by Gasteiger charge is -2.37. The van der Waals surface area contributed by atoms with Crippen LogP contribution in [0.2, 0.25) is 0 Å². The second kappa shape index (κ2) is 8.65. The van der Waals surface area contributed by atoms with E-state index in [1.54, 1.807) is 30.2 Å². The van der Waals surface area contributed by atoms with Crippen LogP contribution in [0.4, 0.5) is 4.39 Å². The molecule has 0 saturated carbocycles. The Kier molecular flexibility index (Phi) is 6.05. The maximum absolute atomic E-state index is 14.0. The zero-order chi connectivity index (χ0) is 19.2. The number of nitriles is 1. The maximum atomic E-state index is 14.0. The molecule has 1 fully saturated rings. The van der Waals surface area contributed by atoms with E-state index in [0.29, 0.717) is 38.2 Å². The van der Waals surface area contributed by atoms with Crippen LogP contribution in [-0.2, 0) is 11.2 Å². The van der Waals surface area contributed by atoms with Crippen LogP contribution in [0.25, 0.3) is 0 Å². The van der Waals surface area contributed by atoms with Gasteiger partial charge >= 0.3 is 0 Å². The van der Waals surface area contributed by atoms with E-state index in [1.165, 1.54) is 6.07 Å². The van der Waals surface area contributed by atoms with E-state index in [2.05, 4.69) is 6.07 Å². The first-order valence-electron chi connectivity index (χ1n) is 8.91. The summed E-state index contributed by atoms with van der Waals surface area (Å²) in [6.45, 7) is 2.14. The fourth-order valence-electron chi connectivity index (χ4n) is 3.30. The molecule has 27 heavy (non-hydrogen) atoms. The number of benzene rings is 2. The normalized spacial score (nSPS) is 15.8. The average molecular weight is 367 g/mol. The highest BCUT2D eigenvalue weighted by Gasteiger charge is 2.28. The minimum Gasteiger partial charge on any atom is -0.497 e. The zero-order valence-corrected chi connectivity index (χ0v) is 15.3. The molecule has 1 aliphatic heterocycles. The van der Waals surface area contributed by atoms with Crippen molar-refractivity contribution in [2.75, 3.05) is 33.3 Å². The minimum absolute atomic E-state index is 0.0548. The number of carbonyl (C=O) groups is 1. The van der Waals surface area contributed by atoms with Gasteiger partial charge in [0, 0.05) is 31.7 Å². The number of rotatable bonds is 5. The first kappa shape index (κ1) is 18.9. The van der Waals surface area contributed by atoms with Gasteiger partial charge in [0.05, 0.1) is 19.6 Å². The lowest BCUT2D eigenvalue weighted by molar-refractivity contribution is -0.132. The van der Waals surface area contributed by atoms with Crippen LogP contribution >= 0.6 is 0 Å². The third-order valence-corrected chi connectivity index (χ3v) is 4.87. The topological polar surface area (TPSA) is 56.6 Å². The number of methoxy groups -OCH3 is 1. The smallest absolute Gasteiger partial charge is 0.227 e. The van der Waals surface area contributed by atoms with Crippen LogP contribution in [0, 0.1) is 17.1 Å². The molecule has 1 heterocycles. The van der Waals surface area contributed by atoms with Crippen LogP contribution in [0.15, 0.2) is 48.5 Å². The highest BCUT2D eigenvalue weighted by atomic mass is 19.1. The van der Waals surface area contributed by atoms with Gasteiger partial charge in [0.25, 0.3) is 0 Å². The molecule has 1 amide bonds. The van der Waals surface area contributed by atoms with E-state index in [9.17, 15) is 14.4 Å².